The number of aromatic amines is 1. The minimum atomic E-state index is -0.698. The largest absolute Gasteiger partial charge is 0.357 e. The lowest BCUT2D eigenvalue weighted by molar-refractivity contribution is -0.124. The van der Waals surface area contributed by atoms with Gasteiger partial charge >= 0.3 is 0 Å². The number of aromatic nitrogens is 1. The lowest BCUT2D eigenvalue weighted by Gasteiger charge is -2.23. The van der Waals surface area contributed by atoms with Gasteiger partial charge in [0.15, 0.2) is 0 Å². The molecule has 0 aliphatic carbocycles. The summed E-state index contributed by atoms with van der Waals surface area (Å²) in [5.41, 5.74) is 0.704. The second kappa shape index (κ2) is 8.03. The Morgan fingerprint density at radius 2 is 1.96 bits per heavy atom. The number of nitrogens with zero attached hydrogens (tertiary/aromatic N) is 1. The topological polar surface area (TPSA) is 94.3 Å². The first kappa shape index (κ1) is 18.6. The second-order valence-corrected chi connectivity index (χ2v) is 6.36. The van der Waals surface area contributed by atoms with Crippen LogP contribution in [0.3, 0.4) is 0 Å². The lowest BCUT2D eigenvalue weighted by atomic mass is 10.1. The fraction of sp³-hybridized carbons (Fsp3) is 0.316. The van der Waals surface area contributed by atoms with Crippen LogP contribution in [-0.4, -0.2) is 52.8 Å². The molecular formula is C19H21FN4O3. The van der Waals surface area contributed by atoms with E-state index in [1.54, 1.807) is 25.3 Å². The molecular weight excluding hydrogens is 351 g/mol. The van der Waals surface area contributed by atoms with Gasteiger partial charge < -0.3 is 20.5 Å². The van der Waals surface area contributed by atoms with E-state index in [2.05, 4.69) is 15.6 Å². The fourth-order valence-electron chi connectivity index (χ4n) is 3.20. The van der Waals surface area contributed by atoms with E-state index in [4.69, 9.17) is 0 Å². The summed E-state index contributed by atoms with van der Waals surface area (Å²) >= 11 is 0. The first-order chi connectivity index (χ1) is 13.0. The molecule has 7 nitrogen and oxygen atoms in total. The van der Waals surface area contributed by atoms with Crippen LogP contribution >= 0.6 is 0 Å². The molecule has 1 aliphatic rings. The van der Waals surface area contributed by atoms with Crippen LogP contribution in [0.5, 0.6) is 0 Å². The van der Waals surface area contributed by atoms with E-state index >= 15 is 0 Å². The smallest absolute Gasteiger partial charge is 0.267 e. The number of carbonyl (C=O) groups excluding carboxylic acids is 3. The number of benzene rings is 1. The van der Waals surface area contributed by atoms with Crippen molar-refractivity contribution in [3.63, 3.8) is 0 Å². The molecule has 142 valence electrons. The summed E-state index contributed by atoms with van der Waals surface area (Å²) in [6.45, 7) is 2.43. The molecule has 0 unspecified atom stereocenters. The van der Waals surface area contributed by atoms with Gasteiger partial charge in [-0.3, -0.25) is 14.4 Å². The molecule has 2 aromatic rings. The monoisotopic (exact) mass is 372 g/mol. The maximum atomic E-state index is 13.1. The summed E-state index contributed by atoms with van der Waals surface area (Å²) in [7, 11) is 0. The number of amides is 3. The minimum absolute atomic E-state index is 0.199. The van der Waals surface area contributed by atoms with Crippen molar-refractivity contribution in [1.29, 1.82) is 0 Å². The maximum absolute atomic E-state index is 13.1. The minimum Gasteiger partial charge on any atom is -0.357 e. The van der Waals surface area contributed by atoms with Gasteiger partial charge in [0, 0.05) is 30.9 Å². The third kappa shape index (κ3) is 4.16. The highest BCUT2D eigenvalue weighted by molar-refractivity contribution is 5.98. The zero-order chi connectivity index (χ0) is 19.4. The Morgan fingerprint density at radius 1 is 1.22 bits per heavy atom. The standard InChI is InChI=1S/C19H21FN4O3/c1-2-21-18(26)16-10-14(23-17(25)15-4-3-9-22-15)11-24(16)19(27)12-5-7-13(20)8-6-12/h3-9,14,16,22H,2,10-11H2,1H3,(H,21,26)(H,23,25)/t14-,16-/m0/s1. The predicted octanol–water partition coefficient (Wildman–Crippen LogP) is 1.30. The molecule has 0 bridgehead atoms. The molecule has 0 spiro atoms. The average Bonchev–Trinajstić information content (AvgIpc) is 3.32. The lowest BCUT2D eigenvalue weighted by Crippen LogP contribution is -2.46. The summed E-state index contributed by atoms with van der Waals surface area (Å²) in [4.78, 5) is 41.8. The van der Waals surface area contributed by atoms with Crippen molar-refractivity contribution in [2.24, 2.45) is 0 Å². The highest BCUT2D eigenvalue weighted by atomic mass is 19.1. The first-order valence-corrected chi connectivity index (χ1v) is 8.78. The van der Waals surface area contributed by atoms with E-state index < -0.39 is 11.9 Å². The number of carbonyl (C=O) groups is 3. The van der Waals surface area contributed by atoms with E-state index in [9.17, 15) is 18.8 Å². The van der Waals surface area contributed by atoms with Crippen LogP contribution in [0.15, 0.2) is 42.6 Å². The number of H-pyrrole nitrogens is 1. The van der Waals surface area contributed by atoms with Gasteiger partial charge in [-0.05, 0) is 49.7 Å². The van der Waals surface area contributed by atoms with Gasteiger partial charge in [-0.1, -0.05) is 0 Å². The molecule has 2 atom stereocenters. The number of halogens is 1. The molecule has 1 aromatic carbocycles. The molecule has 1 fully saturated rings. The molecule has 2 heterocycles. The van der Waals surface area contributed by atoms with E-state index in [1.165, 1.54) is 29.2 Å². The normalized spacial score (nSPS) is 19.0. The van der Waals surface area contributed by atoms with Crippen LogP contribution in [0, 0.1) is 5.82 Å². The van der Waals surface area contributed by atoms with Crippen molar-refractivity contribution in [1.82, 2.24) is 20.5 Å². The van der Waals surface area contributed by atoms with Gasteiger partial charge in [-0.15, -0.1) is 0 Å². The second-order valence-electron chi connectivity index (χ2n) is 6.36. The van der Waals surface area contributed by atoms with Crippen LogP contribution in [0.2, 0.25) is 0 Å². The van der Waals surface area contributed by atoms with Crippen LogP contribution in [0.25, 0.3) is 0 Å². The Bertz CT molecular complexity index is 820. The molecule has 3 amide bonds. The third-order valence-electron chi connectivity index (χ3n) is 4.48. The zero-order valence-corrected chi connectivity index (χ0v) is 14.9. The number of nitrogens with one attached hydrogen (secondary N) is 3. The van der Waals surface area contributed by atoms with Crippen molar-refractivity contribution in [2.45, 2.75) is 25.4 Å². The van der Waals surface area contributed by atoms with Gasteiger partial charge in [0.25, 0.3) is 11.8 Å². The van der Waals surface area contributed by atoms with Crippen LogP contribution in [-0.2, 0) is 4.79 Å². The molecule has 8 heteroatoms. The number of hydrogen-bond donors (Lipinski definition) is 3. The highest BCUT2D eigenvalue weighted by Gasteiger charge is 2.40. The molecule has 1 aromatic heterocycles. The Morgan fingerprint density at radius 3 is 2.59 bits per heavy atom. The maximum Gasteiger partial charge on any atom is 0.267 e. The molecule has 0 saturated carbocycles. The van der Waals surface area contributed by atoms with Crippen molar-refractivity contribution < 1.29 is 18.8 Å². The van der Waals surface area contributed by atoms with Gasteiger partial charge in [0.05, 0.1) is 0 Å². The highest BCUT2D eigenvalue weighted by Crippen LogP contribution is 2.22. The van der Waals surface area contributed by atoms with Gasteiger partial charge in [0.2, 0.25) is 5.91 Å². The zero-order valence-electron chi connectivity index (χ0n) is 14.9. The molecule has 3 N–H and O–H groups in total. The summed E-state index contributed by atoms with van der Waals surface area (Å²) in [5, 5.41) is 5.57. The summed E-state index contributed by atoms with van der Waals surface area (Å²) in [6, 6.07) is 7.48. The Hall–Kier alpha value is -3.16. The van der Waals surface area contributed by atoms with E-state index in [0.717, 1.165) is 0 Å². The molecule has 1 aliphatic heterocycles. The molecule has 0 radical (unpaired) electrons. The SMILES string of the molecule is CCNC(=O)[C@@H]1C[C@H](NC(=O)c2ccc[nH]2)CN1C(=O)c1ccc(F)cc1. The number of likely N-dealkylation sites (tertiary alicyclic amines) is 1. The molecule has 3 rings (SSSR count). The van der Waals surface area contributed by atoms with Gasteiger partial charge in [-0.2, -0.15) is 0 Å². The summed E-state index contributed by atoms with van der Waals surface area (Å²) in [6.07, 6.45) is 1.96. The number of hydrogen-bond acceptors (Lipinski definition) is 3. The van der Waals surface area contributed by atoms with Crippen molar-refractivity contribution in [3.8, 4) is 0 Å². The predicted molar refractivity (Wildman–Crippen MR) is 96.6 cm³/mol. The van der Waals surface area contributed by atoms with Crippen LogP contribution in [0.4, 0.5) is 4.39 Å². The van der Waals surface area contributed by atoms with Gasteiger partial charge in [0.1, 0.15) is 17.6 Å². The number of likely N-dealkylation sites (N-methyl/N-ethyl adjacent to an activating group) is 1. The van der Waals surface area contributed by atoms with Crippen LogP contribution in [0.1, 0.15) is 34.2 Å². The Labute approximate surface area is 155 Å². The Kier molecular flexibility index (Phi) is 5.54. The number of rotatable bonds is 5. The summed E-state index contributed by atoms with van der Waals surface area (Å²) < 4.78 is 13.1. The van der Waals surface area contributed by atoms with E-state index in [1.807, 2.05) is 0 Å². The van der Waals surface area contributed by atoms with Gasteiger partial charge in [-0.25, -0.2) is 4.39 Å². The van der Waals surface area contributed by atoms with Crippen molar-refractivity contribution >= 4 is 17.7 Å². The molecule has 27 heavy (non-hydrogen) atoms. The van der Waals surface area contributed by atoms with E-state index in [-0.39, 0.29) is 30.3 Å². The van der Waals surface area contributed by atoms with Crippen molar-refractivity contribution in [2.75, 3.05) is 13.1 Å². The Balaban J connectivity index is 1.77. The third-order valence-corrected chi connectivity index (χ3v) is 4.48. The summed E-state index contributed by atoms with van der Waals surface area (Å²) in [5.74, 6) is -1.38. The van der Waals surface area contributed by atoms with Crippen LogP contribution < -0.4 is 10.6 Å². The van der Waals surface area contributed by atoms with E-state index in [0.29, 0.717) is 24.2 Å². The van der Waals surface area contributed by atoms with Crippen molar-refractivity contribution in [3.05, 3.63) is 59.7 Å². The first-order valence-electron chi connectivity index (χ1n) is 8.78. The molecule has 1 saturated heterocycles. The average molecular weight is 372 g/mol. The fourth-order valence-corrected chi connectivity index (χ4v) is 3.20. The quantitative estimate of drug-likeness (QED) is 0.738.